The monoisotopic (exact) mass is 539 g/mol. The van der Waals surface area contributed by atoms with Crippen LogP contribution in [0.3, 0.4) is 0 Å². The van der Waals surface area contributed by atoms with Crippen molar-refractivity contribution in [2.75, 3.05) is 19.6 Å². The zero-order valence-corrected chi connectivity index (χ0v) is 24.5. The Morgan fingerprint density at radius 2 is 1.88 bits per heavy atom. The highest BCUT2D eigenvalue weighted by Crippen LogP contribution is 2.31. The molecule has 2 aromatic heterocycles. The third-order valence-electron chi connectivity index (χ3n) is 8.99. The topological polar surface area (TPSA) is 64.0 Å². The van der Waals surface area contributed by atoms with Crippen LogP contribution >= 0.6 is 0 Å². The minimum Gasteiger partial charge on any atom is -0.311 e. The zero-order chi connectivity index (χ0) is 28.3. The van der Waals surface area contributed by atoms with E-state index in [1.54, 1.807) is 11.6 Å². The van der Waals surface area contributed by atoms with Crippen molar-refractivity contribution in [1.82, 2.24) is 14.9 Å². The molecule has 0 saturated carbocycles. The predicted molar refractivity (Wildman–Crippen MR) is 162 cm³/mol. The second-order valence-corrected chi connectivity index (χ2v) is 12.1. The van der Waals surface area contributed by atoms with E-state index >= 15 is 0 Å². The van der Waals surface area contributed by atoms with Gasteiger partial charge in [0.25, 0.3) is 11.5 Å². The number of benzene rings is 1. The van der Waals surface area contributed by atoms with Crippen molar-refractivity contribution < 1.29 is 9.28 Å². The van der Waals surface area contributed by atoms with Crippen LogP contribution in [0, 0.1) is 19.8 Å². The second-order valence-electron chi connectivity index (χ2n) is 12.1. The van der Waals surface area contributed by atoms with E-state index in [1.165, 1.54) is 25.7 Å². The molecule has 6 nitrogen and oxygen atoms in total. The lowest BCUT2D eigenvalue weighted by atomic mass is 9.93. The van der Waals surface area contributed by atoms with Gasteiger partial charge in [0.2, 0.25) is 0 Å². The maximum atomic E-state index is 13.8. The second kappa shape index (κ2) is 12.0. The number of pyridine rings is 2. The molecule has 5 rings (SSSR count). The summed E-state index contributed by atoms with van der Waals surface area (Å²) in [5, 5.41) is 4.36. The summed E-state index contributed by atoms with van der Waals surface area (Å²) >= 11 is 0. The number of rotatable bonds is 3. The molecule has 0 aliphatic carbocycles. The zero-order valence-electron chi connectivity index (χ0n) is 24.5. The van der Waals surface area contributed by atoms with Gasteiger partial charge in [-0.2, -0.15) is 0 Å². The van der Waals surface area contributed by atoms with Crippen LogP contribution in [-0.2, 0) is 7.05 Å². The SMILES string of the molecule is Cc1cc2c(cn1)cc(-c1cc(C(=O)NC3CCC(C)C[N+]34CC=C=CCCCCCC4)ccc1C)c(=O)n2C. The molecule has 40 heavy (non-hydrogen) atoms. The molecule has 0 bridgehead atoms. The molecule has 3 atom stereocenters. The number of fused-ring (bicyclic) bond motifs is 1. The number of hydrogen-bond donors (Lipinski definition) is 1. The van der Waals surface area contributed by atoms with E-state index < -0.39 is 0 Å². The maximum Gasteiger partial charge on any atom is 0.258 e. The lowest BCUT2D eigenvalue weighted by molar-refractivity contribution is -0.956. The summed E-state index contributed by atoms with van der Waals surface area (Å²) in [5.74, 6) is 0.561. The van der Waals surface area contributed by atoms with Gasteiger partial charge in [-0.15, -0.1) is 5.73 Å². The van der Waals surface area contributed by atoms with Crippen LogP contribution < -0.4 is 10.9 Å². The fraction of sp³-hybridized carbons (Fsp3) is 0.471. The predicted octanol–water partition coefficient (Wildman–Crippen LogP) is 6.20. The molecular formula is C34H43N4O2+. The molecule has 1 amide bonds. The summed E-state index contributed by atoms with van der Waals surface area (Å²) in [7, 11) is 1.80. The van der Waals surface area contributed by atoms with Gasteiger partial charge in [-0.1, -0.05) is 19.4 Å². The van der Waals surface area contributed by atoms with Crippen molar-refractivity contribution in [3.8, 4) is 11.1 Å². The molecule has 1 spiro atoms. The fourth-order valence-corrected chi connectivity index (χ4v) is 6.68. The van der Waals surface area contributed by atoms with Crippen molar-refractivity contribution in [2.45, 2.75) is 71.9 Å². The number of quaternary nitrogens is 1. The first-order chi connectivity index (χ1) is 19.3. The Kier molecular flexibility index (Phi) is 8.39. The quantitative estimate of drug-likeness (QED) is 0.319. The van der Waals surface area contributed by atoms with Crippen molar-refractivity contribution >= 4 is 16.8 Å². The Labute approximate surface area is 238 Å². The van der Waals surface area contributed by atoms with E-state index in [1.807, 2.05) is 50.4 Å². The minimum atomic E-state index is -0.0760. The van der Waals surface area contributed by atoms with E-state index in [0.29, 0.717) is 17.0 Å². The van der Waals surface area contributed by atoms with Crippen LogP contribution in [0.15, 0.2) is 59.2 Å². The highest BCUT2D eigenvalue weighted by molar-refractivity contribution is 5.96. The summed E-state index contributed by atoms with van der Waals surface area (Å²) in [5.41, 5.74) is 8.01. The summed E-state index contributed by atoms with van der Waals surface area (Å²) in [6, 6.07) is 9.57. The average Bonchev–Trinajstić information content (AvgIpc) is 2.99. The molecule has 210 valence electrons. The number of piperidine rings is 1. The van der Waals surface area contributed by atoms with Crippen LogP contribution in [0.2, 0.25) is 0 Å². The van der Waals surface area contributed by atoms with Crippen LogP contribution in [-0.4, -0.2) is 45.7 Å². The fourth-order valence-electron chi connectivity index (χ4n) is 6.68. The number of carbonyl (C=O) groups excluding carboxylic acids is 1. The lowest BCUT2D eigenvalue weighted by Crippen LogP contribution is -2.66. The number of amides is 1. The van der Waals surface area contributed by atoms with Crippen LogP contribution in [0.4, 0.5) is 0 Å². The molecule has 1 fully saturated rings. The molecule has 1 N–H and O–H groups in total. The van der Waals surface area contributed by atoms with Gasteiger partial charge in [0, 0.05) is 53.9 Å². The Hall–Kier alpha value is -3.47. The van der Waals surface area contributed by atoms with Crippen molar-refractivity contribution in [3.63, 3.8) is 0 Å². The Bertz CT molecular complexity index is 1530. The van der Waals surface area contributed by atoms with Gasteiger partial charge >= 0.3 is 0 Å². The molecule has 1 saturated heterocycles. The third kappa shape index (κ3) is 5.84. The molecule has 3 aromatic rings. The highest BCUT2D eigenvalue weighted by atomic mass is 16.2. The molecule has 1 aromatic carbocycles. The standard InChI is InChI=1S/C34H42N4O2/c1-24-13-16-32(38(23-24)17-11-9-7-5-6-8-10-12-18-38)36-33(39)27-15-14-25(2)29(20-27)30-21-28-22-35-26(3)19-31(28)37(4)34(30)40/h7,11,14-15,19-22,24,32H,5-6,8,10,12-13,16-18,23H2,1-4H3/p+1. The van der Waals surface area contributed by atoms with Gasteiger partial charge in [0.15, 0.2) is 6.17 Å². The normalized spacial score (nSPS) is 23.7. The largest absolute Gasteiger partial charge is 0.311 e. The third-order valence-corrected chi connectivity index (χ3v) is 8.99. The van der Waals surface area contributed by atoms with Crippen LogP contribution in [0.25, 0.3) is 22.0 Å². The summed E-state index contributed by atoms with van der Waals surface area (Å²) < 4.78 is 2.57. The molecule has 3 unspecified atom stereocenters. The van der Waals surface area contributed by atoms with E-state index in [0.717, 1.165) is 71.1 Å². The molecule has 2 aliphatic heterocycles. The summed E-state index contributed by atoms with van der Waals surface area (Å²) in [6.07, 6.45) is 14.3. The van der Waals surface area contributed by atoms with Gasteiger partial charge in [-0.3, -0.25) is 14.6 Å². The molecular weight excluding hydrogens is 496 g/mol. The minimum absolute atomic E-state index is 0.0649. The van der Waals surface area contributed by atoms with Crippen molar-refractivity contribution in [3.05, 3.63) is 81.6 Å². The van der Waals surface area contributed by atoms with E-state index in [-0.39, 0.29) is 17.6 Å². The molecule has 2 aliphatic rings. The Morgan fingerprint density at radius 3 is 2.73 bits per heavy atom. The molecule has 0 radical (unpaired) electrons. The Balaban J connectivity index is 1.46. The first-order valence-corrected chi connectivity index (χ1v) is 14.9. The van der Waals surface area contributed by atoms with Crippen LogP contribution in [0.5, 0.6) is 0 Å². The van der Waals surface area contributed by atoms with E-state index in [9.17, 15) is 9.59 Å². The smallest absolute Gasteiger partial charge is 0.258 e. The first-order valence-electron chi connectivity index (χ1n) is 14.9. The number of aryl methyl sites for hydroxylation is 3. The van der Waals surface area contributed by atoms with E-state index in [2.05, 4.69) is 35.1 Å². The first kappa shape index (κ1) is 28.1. The number of nitrogens with one attached hydrogen (secondary N) is 1. The molecule has 6 heteroatoms. The van der Waals surface area contributed by atoms with Gasteiger partial charge in [0.1, 0.15) is 6.54 Å². The Morgan fingerprint density at radius 1 is 1.05 bits per heavy atom. The average molecular weight is 540 g/mol. The van der Waals surface area contributed by atoms with Gasteiger partial charge < -0.3 is 14.4 Å². The number of aromatic nitrogens is 2. The lowest BCUT2D eigenvalue weighted by Gasteiger charge is -2.49. The number of hydrogen-bond acceptors (Lipinski definition) is 3. The van der Waals surface area contributed by atoms with Crippen molar-refractivity contribution in [1.29, 1.82) is 0 Å². The van der Waals surface area contributed by atoms with Crippen LogP contribution in [0.1, 0.15) is 73.5 Å². The summed E-state index contributed by atoms with van der Waals surface area (Å²) in [4.78, 5) is 31.7. The van der Waals surface area contributed by atoms with E-state index in [4.69, 9.17) is 0 Å². The molecule has 4 heterocycles. The van der Waals surface area contributed by atoms with Gasteiger partial charge in [-0.05, 0) is 87.4 Å². The summed E-state index contributed by atoms with van der Waals surface area (Å²) in [6.45, 7) is 9.30. The number of carbonyl (C=O) groups is 1. The van der Waals surface area contributed by atoms with Gasteiger partial charge in [0.05, 0.1) is 18.6 Å². The number of nitrogens with zero attached hydrogens (tertiary/aromatic N) is 3. The highest BCUT2D eigenvalue weighted by Gasteiger charge is 2.41. The van der Waals surface area contributed by atoms with Crippen molar-refractivity contribution in [2.24, 2.45) is 13.0 Å². The maximum absolute atomic E-state index is 13.8. The van der Waals surface area contributed by atoms with Gasteiger partial charge in [-0.25, -0.2) is 0 Å².